The van der Waals surface area contributed by atoms with Crippen molar-refractivity contribution in [2.45, 2.75) is 17.7 Å². The molecule has 34 heavy (non-hydrogen) atoms. The number of fused-ring (bicyclic) bond motifs is 1. The minimum absolute atomic E-state index is 0.0523. The van der Waals surface area contributed by atoms with Gasteiger partial charge in [0.05, 0.1) is 29.5 Å². The summed E-state index contributed by atoms with van der Waals surface area (Å²) in [5, 5.41) is 5.00. The number of para-hydroxylation sites is 2. The van der Waals surface area contributed by atoms with Gasteiger partial charge in [0.15, 0.2) is 0 Å². The van der Waals surface area contributed by atoms with Crippen LogP contribution in [-0.2, 0) is 19.6 Å². The zero-order chi connectivity index (χ0) is 23.5. The Hall–Kier alpha value is -2.94. The summed E-state index contributed by atoms with van der Waals surface area (Å²) in [5.74, 6) is -0.274. The molecular weight excluding hydrogens is 450 g/mol. The number of morpholine rings is 1. The van der Waals surface area contributed by atoms with E-state index in [1.165, 1.54) is 4.31 Å². The van der Waals surface area contributed by atoms with E-state index in [0.29, 0.717) is 44.0 Å². The first-order chi connectivity index (χ1) is 16.5. The maximum Gasteiger partial charge on any atom is 0.243 e. The monoisotopic (exact) mass is 479 g/mol. The fourth-order valence-electron chi connectivity index (χ4n) is 4.73. The topological polar surface area (TPSA) is 79.0 Å². The molecular formula is C26H29N3O4S. The predicted octanol–water partition coefficient (Wildman–Crippen LogP) is 3.72. The molecule has 0 saturated carbocycles. The van der Waals surface area contributed by atoms with Gasteiger partial charge >= 0.3 is 0 Å². The number of carbonyl (C=O) groups excluding carboxylic acids is 1. The third-order valence-corrected chi connectivity index (χ3v) is 8.59. The summed E-state index contributed by atoms with van der Waals surface area (Å²) in [4.78, 5) is 15.6. The second-order valence-corrected chi connectivity index (χ2v) is 10.7. The molecule has 0 spiro atoms. The highest BCUT2D eigenvalue weighted by atomic mass is 32.2. The number of piperidine rings is 1. The zero-order valence-corrected chi connectivity index (χ0v) is 19.8. The van der Waals surface area contributed by atoms with Gasteiger partial charge in [0.2, 0.25) is 15.9 Å². The molecule has 7 nitrogen and oxygen atoms in total. The standard InChI is InChI=1S/C26H29N3O4S/c30-26(27-24-7-3-4-8-25(24)28-15-17-33-18-16-28)21-11-13-29(14-12-21)34(31,32)23-10-9-20-5-1-2-6-22(20)19-23/h1-10,19,21H,11-18H2,(H,27,30). The van der Waals surface area contributed by atoms with E-state index in [0.717, 1.165) is 35.2 Å². The molecule has 2 heterocycles. The van der Waals surface area contributed by atoms with Gasteiger partial charge in [-0.25, -0.2) is 8.42 Å². The number of sulfonamides is 1. The van der Waals surface area contributed by atoms with E-state index in [-0.39, 0.29) is 11.8 Å². The Bertz CT molecular complexity index is 1280. The highest BCUT2D eigenvalue weighted by Crippen LogP contribution is 2.30. The number of hydrogen-bond donors (Lipinski definition) is 1. The summed E-state index contributed by atoms with van der Waals surface area (Å²) in [6.07, 6.45) is 0.997. The van der Waals surface area contributed by atoms with Gasteiger partial charge in [0.25, 0.3) is 0 Å². The minimum atomic E-state index is -3.60. The van der Waals surface area contributed by atoms with Crippen LogP contribution >= 0.6 is 0 Å². The second-order valence-electron chi connectivity index (χ2n) is 8.79. The lowest BCUT2D eigenvalue weighted by Gasteiger charge is -2.32. The molecule has 0 radical (unpaired) electrons. The number of amides is 1. The third kappa shape index (κ3) is 4.66. The lowest BCUT2D eigenvalue weighted by molar-refractivity contribution is -0.120. The predicted molar refractivity (Wildman–Crippen MR) is 134 cm³/mol. The summed E-state index contributed by atoms with van der Waals surface area (Å²) in [6.45, 7) is 3.59. The first-order valence-electron chi connectivity index (χ1n) is 11.7. The van der Waals surface area contributed by atoms with Crippen molar-refractivity contribution in [3.63, 3.8) is 0 Å². The molecule has 0 aliphatic carbocycles. The average Bonchev–Trinajstić information content (AvgIpc) is 2.89. The van der Waals surface area contributed by atoms with Gasteiger partial charge in [-0.3, -0.25) is 4.79 Å². The van der Waals surface area contributed by atoms with Crippen molar-refractivity contribution in [3.05, 3.63) is 66.7 Å². The Kier molecular flexibility index (Phi) is 6.54. The Balaban J connectivity index is 1.24. The van der Waals surface area contributed by atoms with Crippen LogP contribution in [0.25, 0.3) is 10.8 Å². The van der Waals surface area contributed by atoms with Crippen molar-refractivity contribution in [2.24, 2.45) is 5.92 Å². The van der Waals surface area contributed by atoms with Crippen molar-refractivity contribution in [2.75, 3.05) is 49.6 Å². The number of nitrogens with zero attached hydrogens (tertiary/aromatic N) is 2. The average molecular weight is 480 g/mol. The van der Waals surface area contributed by atoms with Crippen molar-refractivity contribution in [3.8, 4) is 0 Å². The third-order valence-electron chi connectivity index (χ3n) is 6.70. The van der Waals surface area contributed by atoms with E-state index >= 15 is 0 Å². The molecule has 2 fully saturated rings. The van der Waals surface area contributed by atoms with Crippen LogP contribution in [0.15, 0.2) is 71.6 Å². The lowest BCUT2D eigenvalue weighted by Crippen LogP contribution is -2.41. The van der Waals surface area contributed by atoms with Crippen LogP contribution in [0.5, 0.6) is 0 Å². The van der Waals surface area contributed by atoms with Crippen LogP contribution in [0, 0.1) is 5.92 Å². The first-order valence-corrected chi connectivity index (χ1v) is 13.2. The van der Waals surface area contributed by atoms with Gasteiger partial charge in [-0.2, -0.15) is 4.31 Å². The molecule has 2 aliphatic rings. The molecule has 0 unspecified atom stereocenters. The summed E-state index contributed by atoms with van der Waals surface area (Å²) in [5.41, 5.74) is 1.79. The van der Waals surface area contributed by atoms with Gasteiger partial charge in [-0.15, -0.1) is 0 Å². The van der Waals surface area contributed by atoms with Crippen LogP contribution in [0.3, 0.4) is 0 Å². The Labute approximate surface area is 200 Å². The Morgan fingerprint density at radius 1 is 0.853 bits per heavy atom. The minimum Gasteiger partial charge on any atom is -0.378 e. The fraction of sp³-hybridized carbons (Fsp3) is 0.346. The van der Waals surface area contributed by atoms with Gasteiger partial charge in [-0.1, -0.05) is 42.5 Å². The van der Waals surface area contributed by atoms with Crippen LogP contribution in [0.4, 0.5) is 11.4 Å². The zero-order valence-electron chi connectivity index (χ0n) is 19.0. The molecule has 0 atom stereocenters. The van der Waals surface area contributed by atoms with Crippen molar-refractivity contribution < 1.29 is 17.9 Å². The van der Waals surface area contributed by atoms with Crippen LogP contribution in [0.1, 0.15) is 12.8 Å². The van der Waals surface area contributed by atoms with Gasteiger partial charge in [0.1, 0.15) is 0 Å². The van der Waals surface area contributed by atoms with E-state index in [1.54, 1.807) is 12.1 Å². The normalized spacial score (nSPS) is 18.2. The Morgan fingerprint density at radius 2 is 1.53 bits per heavy atom. The quantitative estimate of drug-likeness (QED) is 0.604. The maximum atomic E-state index is 13.2. The summed E-state index contributed by atoms with van der Waals surface area (Å²) in [7, 11) is -3.60. The van der Waals surface area contributed by atoms with Crippen LogP contribution < -0.4 is 10.2 Å². The summed E-state index contributed by atoms with van der Waals surface area (Å²) >= 11 is 0. The number of benzene rings is 3. The van der Waals surface area contributed by atoms with E-state index in [2.05, 4.69) is 10.2 Å². The number of ether oxygens (including phenoxy) is 1. The van der Waals surface area contributed by atoms with Crippen LogP contribution in [0.2, 0.25) is 0 Å². The molecule has 1 amide bonds. The van der Waals surface area contributed by atoms with E-state index in [4.69, 9.17) is 4.74 Å². The summed E-state index contributed by atoms with van der Waals surface area (Å²) in [6, 6.07) is 20.8. The molecule has 2 saturated heterocycles. The molecule has 1 N–H and O–H groups in total. The number of anilines is 2. The largest absolute Gasteiger partial charge is 0.378 e. The van der Waals surface area contributed by atoms with Gasteiger partial charge < -0.3 is 15.0 Å². The molecule has 5 rings (SSSR count). The highest BCUT2D eigenvalue weighted by Gasteiger charge is 2.32. The number of hydrogen-bond acceptors (Lipinski definition) is 5. The SMILES string of the molecule is O=C(Nc1ccccc1N1CCOCC1)C1CCN(S(=O)(=O)c2ccc3ccccc3c2)CC1. The molecule has 0 bridgehead atoms. The van der Waals surface area contributed by atoms with E-state index in [9.17, 15) is 13.2 Å². The van der Waals surface area contributed by atoms with Crippen molar-refractivity contribution in [1.29, 1.82) is 0 Å². The molecule has 178 valence electrons. The first kappa shape index (κ1) is 22.8. The van der Waals surface area contributed by atoms with E-state index < -0.39 is 10.0 Å². The molecule has 2 aliphatic heterocycles. The number of rotatable bonds is 5. The van der Waals surface area contributed by atoms with Gasteiger partial charge in [0, 0.05) is 32.1 Å². The maximum absolute atomic E-state index is 13.2. The summed E-state index contributed by atoms with van der Waals surface area (Å²) < 4.78 is 33.4. The van der Waals surface area contributed by atoms with E-state index in [1.807, 2.05) is 54.6 Å². The molecule has 3 aromatic carbocycles. The molecule has 0 aromatic heterocycles. The highest BCUT2D eigenvalue weighted by molar-refractivity contribution is 7.89. The molecule has 3 aromatic rings. The molecule has 8 heteroatoms. The Morgan fingerprint density at radius 3 is 2.29 bits per heavy atom. The number of nitrogens with one attached hydrogen (secondary N) is 1. The number of carbonyl (C=O) groups is 1. The fourth-order valence-corrected chi connectivity index (χ4v) is 6.24. The van der Waals surface area contributed by atoms with Crippen molar-refractivity contribution >= 4 is 38.1 Å². The van der Waals surface area contributed by atoms with Gasteiger partial charge in [-0.05, 0) is 47.9 Å². The van der Waals surface area contributed by atoms with Crippen molar-refractivity contribution in [1.82, 2.24) is 4.31 Å². The second kappa shape index (κ2) is 9.74. The van der Waals surface area contributed by atoms with Crippen LogP contribution in [-0.4, -0.2) is 58.0 Å². The smallest absolute Gasteiger partial charge is 0.243 e. The lowest BCUT2D eigenvalue weighted by atomic mass is 9.97.